The maximum Gasteiger partial charge on any atom is 0.229 e. The third kappa shape index (κ3) is 3.29. The summed E-state index contributed by atoms with van der Waals surface area (Å²) in [5.41, 5.74) is 5.33. The molecule has 2 heterocycles. The number of aryl methyl sites for hydroxylation is 1. The van der Waals surface area contributed by atoms with Crippen LogP contribution in [0.15, 0.2) is 54.7 Å². The van der Waals surface area contributed by atoms with Crippen LogP contribution in [-0.4, -0.2) is 19.6 Å². The molecule has 0 aliphatic rings. The molecular weight excluding hydrogens is 355 g/mol. The average Bonchev–Trinajstić information content (AvgIpc) is 2.92. The van der Waals surface area contributed by atoms with Crippen LogP contribution in [0.5, 0.6) is 0 Å². The highest BCUT2D eigenvalue weighted by molar-refractivity contribution is 6.30. The Bertz CT molecular complexity index is 1080. The first-order valence-corrected chi connectivity index (χ1v) is 8.23. The van der Waals surface area contributed by atoms with Gasteiger partial charge in [0.05, 0.1) is 11.0 Å². The molecule has 0 aliphatic carbocycles. The van der Waals surface area contributed by atoms with Gasteiger partial charge in [0.1, 0.15) is 11.6 Å². The van der Waals surface area contributed by atoms with Gasteiger partial charge in [0.15, 0.2) is 5.82 Å². The van der Waals surface area contributed by atoms with Gasteiger partial charge in [-0.2, -0.15) is 4.98 Å². The van der Waals surface area contributed by atoms with Crippen LogP contribution < -0.4 is 10.7 Å². The number of anilines is 3. The first-order valence-electron chi connectivity index (χ1n) is 7.86. The minimum absolute atomic E-state index is 0.321. The van der Waals surface area contributed by atoms with Crippen molar-refractivity contribution in [3.05, 3.63) is 71.4 Å². The standard InChI is InChI=1S/C18H14ClFN6/c1-11-22-15-10-13(20)4-7-16(15)26(11)25-17-8-9-21-18(24-17)23-14-5-2-12(19)3-6-14/h2-10H,1H3,(H2,21,23,24,25). The van der Waals surface area contributed by atoms with E-state index in [0.29, 0.717) is 28.1 Å². The summed E-state index contributed by atoms with van der Waals surface area (Å²) in [4.78, 5) is 13.0. The lowest BCUT2D eigenvalue weighted by Gasteiger charge is -2.11. The van der Waals surface area contributed by atoms with Crippen LogP contribution in [0.1, 0.15) is 5.82 Å². The van der Waals surface area contributed by atoms with Gasteiger partial charge in [-0.1, -0.05) is 11.6 Å². The van der Waals surface area contributed by atoms with Crippen molar-refractivity contribution < 1.29 is 4.39 Å². The second-order valence-electron chi connectivity index (χ2n) is 5.64. The molecule has 6 nitrogen and oxygen atoms in total. The Morgan fingerprint density at radius 1 is 1.04 bits per heavy atom. The van der Waals surface area contributed by atoms with Crippen molar-refractivity contribution in [3.63, 3.8) is 0 Å². The van der Waals surface area contributed by atoms with Crippen molar-refractivity contribution in [1.29, 1.82) is 0 Å². The van der Waals surface area contributed by atoms with Gasteiger partial charge in [-0.05, 0) is 43.3 Å². The van der Waals surface area contributed by atoms with Gasteiger partial charge >= 0.3 is 0 Å². The highest BCUT2D eigenvalue weighted by Gasteiger charge is 2.09. The molecule has 0 fully saturated rings. The molecule has 26 heavy (non-hydrogen) atoms. The van der Waals surface area contributed by atoms with Crippen LogP contribution in [-0.2, 0) is 0 Å². The van der Waals surface area contributed by atoms with E-state index in [-0.39, 0.29) is 5.82 Å². The second kappa shape index (κ2) is 6.61. The minimum Gasteiger partial charge on any atom is -0.324 e. The predicted octanol–water partition coefficient (Wildman–Crippen LogP) is 4.55. The van der Waals surface area contributed by atoms with E-state index in [9.17, 15) is 4.39 Å². The average molecular weight is 369 g/mol. The normalized spacial score (nSPS) is 10.9. The van der Waals surface area contributed by atoms with Crippen molar-refractivity contribution in [2.75, 3.05) is 10.7 Å². The van der Waals surface area contributed by atoms with E-state index >= 15 is 0 Å². The van der Waals surface area contributed by atoms with Crippen LogP contribution in [0.4, 0.5) is 21.8 Å². The van der Waals surface area contributed by atoms with Crippen LogP contribution in [0.25, 0.3) is 11.0 Å². The second-order valence-corrected chi connectivity index (χ2v) is 6.07. The molecule has 0 unspecified atom stereocenters. The zero-order valence-electron chi connectivity index (χ0n) is 13.7. The van der Waals surface area contributed by atoms with Crippen molar-refractivity contribution in [2.45, 2.75) is 6.92 Å². The number of rotatable bonds is 4. The first kappa shape index (κ1) is 16.3. The van der Waals surface area contributed by atoms with E-state index in [0.717, 1.165) is 11.2 Å². The van der Waals surface area contributed by atoms with E-state index in [1.165, 1.54) is 12.1 Å². The third-order valence-corrected chi connectivity index (χ3v) is 4.02. The zero-order valence-corrected chi connectivity index (χ0v) is 14.5. The number of benzene rings is 2. The quantitative estimate of drug-likeness (QED) is 0.553. The Morgan fingerprint density at radius 3 is 2.65 bits per heavy atom. The van der Waals surface area contributed by atoms with E-state index < -0.39 is 0 Å². The molecule has 0 atom stereocenters. The monoisotopic (exact) mass is 368 g/mol. The molecule has 0 bridgehead atoms. The fourth-order valence-corrected chi connectivity index (χ4v) is 2.70. The maximum absolute atomic E-state index is 13.4. The fraction of sp³-hybridized carbons (Fsp3) is 0.0556. The van der Waals surface area contributed by atoms with Crippen LogP contribution in [0.3, 0.4) is 0 Å². The SMILES string of the molecule is Cc1nc2cc(F)ccc2n1Nc1ccnc(Nc2ccc(Cl)cc2)n1. The summed E-state index contributed by atoms with van der Waals surface area (Å²) < 4.78 is 15.1. The molecule has 0 saturated heterocycles. The Hall–Kier alpha value is -3.19. The Kier molecular flexibility index (Phi) is 4.14. The number of hydrogen-bond donors (Lipinski definition) is 2. The lowest BCUT2D eigenvalue weighted by Crippen LogP contribution is -2.12. The van der Waals surface area contributed by atoms with Gasteiger partial charge < -0.3 is 5.32 Å². The first-order chi connectivity index (χ1) is 12.6. The maximum atomic E-state index is 13.4. The molecule has 4 aromatic rings. The molecule has 2 N–H and O–H groups in total. The van der Waals surface area contributed by atoms with Crippen molar-refractivity contribution in [2.24, 2.45) is 0 Å². The molecule has 130 valence electrons. The predicted molar refractivity (Wildman–Crippen MR) is 100 cm³/mol. The highest BCUT2D eigenvalue weighted by Crippen LogP contribution is 2.20. The Labute approximate surface area is 153 Å². The Morgan fingerprint density at radius 2 is 1.85 bits per heavy atom. The fourth-order valence-electron chi connectivity index (χ4n) is 2.57. The van der Waals surface area contributed by atoms with Crippen LogP contribution >= 0.6 is 11.6 Å². The largest absolute Gasteiger partial charge is 0.324 e. The number of aromatic nitrogens is 4. The van der Waals surface area contributed by atoms with Crippen molar-refractivity contribution >= 4 is 40.1 Å². The topological polar surface area (TPSA) is 67.7 Å². The summed E-state index contributed by atoms with van der Waals surface area (Å²) in [5, 5.41) is 3.77. The van der Waals surface area contributed by atoms with Crippen molar-refractivity contribution in [1.82, 2.24) is 19.6 Å². The summed E-state index contributed by atoms with van der Waals surface area (Å²) in [6.45, 7) is 1.83. The molecule has 0 spiro atoms. The van der Waals surface area contributed by atoms with Gasteiger partial charge in [0.25, 0.3) is 0 Å². The molecule has 2 aromatic heterocycles. The van der Waals surface area contributed by atoms with Gasteiger partial charge in [-0.25, -0.2) is 19.0 Å². The van der Waals surface area contributed by atoms with E-state index in [1.54, 1.807) is 35.1 Å². The molecule has 0 radical (unpaired) electrons. The molecule has 8 heteroatoms. The van der Waals surface area contributed by atoms with E-state index in [1.807, 2.05) is 19.1 Å². The smallest absolute Gasteiger partial charge is 0.229 e. The van der Waals surface area contributed by atoms with E-state index in [4.69, 9.17) is 11.6 Å². The van der Waals surface area contributed by atoms with Crippen LogP contribution in [0.2, 0.25) is 5.02 Å². The number of nitrogens with zero attached hydrogens (tertiary/aromatic N) is 4. The summed E-state index contributed by atoms with van der Waals surface area (Å²) >= 11 is 5.89. The summed E-state index contributed by atoms with van der Waals surface area (Å²) in [6, 6.07) is 13.5. The van der Waals surface area contributed by atoms with Gasteiger partial charge in [-0.15, -0.1) is 0 Å². The molecule has 2 aromatic carbocycles. The number of imidazole rings is 1. The highest BCUT2D eigenvalue weighted by atomic mass is 35.5. The van der Waals surface area contributed by atoms with Gasteiger partial charge in [-0.3, -0.25) is 5.43 Å². The molecule has 0 saturated carbocycles. The summed E-state index contributed by atoms with van der Waals surface area (Å²) in [5.74, 6) is 1.38. The summed E-state index contributed by atoms with van der Waals surface area (Å²) in [7, 11) is 0. The minimum atomic E-state index is -0.321. The van der Waals surface area contributed by atoms with E-state index in [2.05, 4.69) is 25.7 Å². The summed E-state index contributed by atoms with van der Waals surface area (Å²) in [6.07, 6.45) is 1.64. The third-order valence-electron chi connectivity index (χ3n) is 3.77. The lowest BCUT2D eigenvalue weighted by molar-refractivity contribution is 0.629. The van der Waals surface area contributed by atoms with Crippen molar-refractivity contribution in [3.8, 4) is 0 Å². The zero-order chi connectivity index (χ0) is 18.1. The number of hydrogen-bond acceptors (Lipinski definition) is 5. The molecule has 0 amide bonds. The number of nitrogens with one attached hydrogen (secondary N) is 2. The number of halogens is 2. The molecular formula is C18H14ClFN6. The number of fused-ring (bicyclic) bond motifs is 1. The van der Waals surface area contributed by atoms with Gasteiger partial charge in [0.2, 0.25) is 5.95 Å². The van der Waals surface area contributed by atoms with Crippen LogP contribution in [0, 0.1) is 12.7 Å². The Balaban J connectivity index is 1.61. The molecule has 0 aliphatic heterocycles. The van der Waals surface area contributed by atoms with Gasteiger partial charge in [0, 0.05) is 29.0 Å². The lowest BCUT2D eigenvalue weighted by atomic mass is 10.3. The molecule has 4 rings (SSSR count).